The Morgan fingerprint density at radius 3 is 2.41 bits per heavy atom. The number of hydrogen-bond acceptors (Lipinski definition) is 6. The van der Waals surface area contributed by atoms with Crippen LogP contribution in [0.4, 0.5) is 10.5 Å². The molecule has 1 aromatic rings. The van der Waals surface area contributed by atoms with Crippen LogP contribution in [0.5, 0.6) is 0 Å². The van der Waals surface area contributed by atoms with E-state index in [1.54, 1.807) is 17.0 Å². The van der Waals surface area contributed by atoms with E-state index in [0.29, 0.717) is 39.0 Å². The molecule has 0 aromatic heterocycles. The molecule has 0 saturated carbocycles. The average Bonchev–Trinajstić information content (AvgIpc) is 3.04. The zero-order valence-corrected chi connectivity index (χ0v) is 16.2. The summed E-state index contributed by atoms with van der Waals surface area (Å²) in [4.78, 5) is 28.5. The molecule has 1 aromatic carbocycles. The highest BCUT2D eigenvalue weighted by molar-refractivity contribution is 7.72. The number of piperidine rings is 1. The number of nitrogens with zero attached hydrogens (tertiary/aromatic N) is 2. The summed E-state index contributed by atoms with van der Waals surface area (Å²) in [6.45, 7) is 4.42. The first kappa shape index (κ1) is 19.6. The summed E-state index contributed by atoms with van der Waals surface area (Å²) in [6.07, 6.45) is 1.67. The van der Waals surface area contributed by atoms with Gasteiger partial charge in [0.25, 0.3) is 0 Å². The second-order valence-electron chi connectivity index (χ2n) is 6.74. The number of nitrogens with one attached hydrogen (secondary N) is 1. The van der Waals surface area contributed by atoms with Gasteiger partial charge >= 0.3 is 6.09 Å². The Labute approximate surface area is 160 Å². The predicted octanol–water partition coefficient (Wildman–Crippen LogP) is 0.973. The molecule has 0 spiro atoms. The average molecular weight is 395 g/mol. The van der Waals surface area contributed by atoms with E-state index in [4.69, 9.17) is 4.74 Å². The molecular formula is C18H25N3O5S. The van der Waals surface area contributed by atoms with Gasteiger partial charge in [0.15, 0.2) is 10.7 Å². The van der Waals surface area contributed by atoms with Gasteiger partial charge in [-0.25, -0.2) is 13.2 Å². The fraction of sp³-hybridized carbons (Fsp3) is 0.556. The van der Waals surface area contributed by atoms with Crippen molar-refractivity contribution in [1.82, 2.24) is 10.2 Å². The van der Waals surface area contributed by atoms with Crippen LogP contribution in [0.15, 0.2) is 29.2 Å². The Bertz CT molecular complexity index is 749. The Morgan fingerprint density at radius 1 is 1.15 bits per heavy atom. The number of likely N-dealkylation sites (tertiary alicyclic amines) is 1. The number of benzene rings is 1. The van der Waals surface area contributed by atoms with Crippen LogP contribution in [0.1, 0.15) is 26.2 Å². The van der Waals surface area contributed by atoms with Gasteiger partial charge in [0.1, 0.15) is 6.10 Å². The van der Waals surface area contributed by atoms with Crippen molar-refractivity contribution in [3.8, 4) is 0 Å². The van der Waals surface area contributed by atoms with Crippen LogP contribution in [-0.4, -0.2) is 63.6 Å². The third-order valence-corrected chi connectivity index (χ3v) is 5.78. The molecule has 2 aliphatic heterocycles. The third kappa shape index (κ3) is 4.59. The Morgan fingerprint density at radius 2 is 1.81 bits per heavy atom. The fourth-order valence-corrected chi connectivity index (χ4v) is 4.05. The number of thiol groups is 1. The molecule has 9 heteroatoms. The first-order valence-electron chi connectivity index (χ1n) is 9.24. The lowest BCUT2D eigenvalue weighted by Gasteiger charge is -2.34. The van der Waals surface area contributed by atoms with E-state index in [-0.39, 0.29) is 29.0 Å². The van der Waals surface area contributed by atoms with Crippen LogP contribution < -0.4 is 10.2 Å². The third-order valence-electron chi connectivity index (χ3n) is 5.06. The van der Waals surface area contributed by atoms with Crippen molar-refractivity contribution in [2.75, 3.05) is 31.1 Å². The highest BCUT2D eigenvalue weighted by Crippen LogP contribution is 2.27. The zero-order chi connectivity index (χ0) is 19.4. The first-order valence-corrected chi connectivity index (χ1v) is 10.4. The number of carbonyl (C=O) groups is 2. The van der Waals surface area contributed by atoms with Crippen molar-refractivity contribution in [3.63, 3.8) is 0 Å². The van der Waals surface area contributed by atoms with E-state index in [9.17, 15) is 18.0 Å². The number of anilines is 1. The van der Waals surface area contributed by atoms with Crippen LogP contribution in [0, 0.1) is 0 Å². The lowest BCUT2D eigenvalue weighted by molar-refractivity contribution is -0.122. The molecule has 2 amide bonds. The number of hydrogen-bond donors (Lipinski definition) is 2. The molecule has 1 N–H and O–H groups in total. The number of rotatable bonds is 5. The van der Waals surface area contributed by atoms with Gasteiger partial charge in [0, 0.05) is 31.9 Å². The zero-order valence-electron chi connectivity index (χ0n) is 15.3. The smallest absolute Gasteiger partial charge is 0.407 e. The summed E-state index contributed by atoms with van der Waals surface area (Å²) < 4.78 is 27.4. The van der Waals surface area contributed by atoms with Gasteiger partial charge in [-0.3, -0.25) is 9.69 Å². The van der Waals surface area contributed by atoms with E-state index in [1.165, 1.54) is 12.1 Å². The summed E-state index contributed by atoms with van der Waals surface area (Å²) in [6, 6.07) is 6.21. The van der Waals surface area contributed by atoms with Crippen molar-refractivity contribution in [1.29, 1.82) is 0 Å². The molecule has 0 bridgehead atoms. The van der Waals surface area contributed by atoms with Crippen LogP contribution in [0.2, 0.25) is 0 Å². The van der Waals surface area contributed by atoms with Crippen molar-refractivity contribution >= 4 is 28.4 Å². The Kier molecular flexibility index (Phi) is 6.33. The highest BCUT2D eigenvalue weighted by atomic mass is 32.2. The van der Waals surface area contributed by atoms with Gasteiger partial charge in [-0.15, -0.1) is 0 Å². The summed E-state index contributed by atoms with van der Waals surface area (Å²) in [5, 5.41) is 2.63. The molecule has 0 aliphatic carbocycles. The molecular weight excluding hydrogens is 370 g/mol. The Hall–Kier alpha value is -2.13. The van der Waals surface area contributed by atoms with Gasteiger partial charge in [-0.1, -0.05) is 0 Å². The van der Waals surface area contributed by atoms with Gasteiger partial charge in [0.05, 0.1) is 10.9 Å². The van der Waals surface area contributed by atoms with Gasteiger partial charge in [-0.2, -0.15) is 0 Å². The quantitative estimate of drug-likeness (QED) is 0.722. The predicted molar refractivity (Wildman–Crippen MR) is 101 cm³/mol. The molecule has 1 atom stereocenters. The molecule has 148 valence electrons. The minimum absolute atomic E-state index is 0.0392. The van der Waals surface area contributed by atoms with E-state index in [2.05, 4.69) is 10.2 Å². The molecule has 27 heavy (non-hydrogen) atoms. The number of carbonyl (C=O) groups excluding carboxylic acids is 2. The maximum atomic E-state index is 12.8. The summed E-state index contributed by atoms with van der Waals surface area (Å²) in [5.74, 6) is 0.0392. The number of amides is 2. The van der Waals surface area contributed by atoms with E-state index < -0.39 is 10.7 Å². The maximum Gasteiger partial charge on any atom is 0.407 e. The van der Waals surface area contributed by atoms with Crippen molar-refractivity contribution < 1.29 is 22.7 Å². The molecule has 2 aliphatic rings. The molecule has 2 fully saturated rings. The molecule has 8 nitrogen and oxygen atoms in total. The minimum atomic E-state index is -2.62. The highest BCUT2D eigenvalue weighted by Gasteiger charge is 2.38. The second kappa shape index (κ2) is 8.71. The lowest BCUT2D eigenvalue weighted by Crippen LogP contribution is -2.47. The van der Waals surface area contributed by atoms with Gasteiger partial charge < -0.3 is 15.0 Å². The summed E-state index contributed by atoms with van der Waals surface area (Å²) in [7, 11) is -2.62. The van der Waals surface area contributed by atoms with Crippen molar-refractivity contribution in [3.05, 3.63) is 24.3 Å². The molecule has 0 unspecified atom stereocenters. The summed E-state index contributed by atoms with van der Waals surface area (Å²) >= 11 is 0. The van der Waals surface area contributed by atoms with E-state index >= 15 is 0 Å². The normalized spacial score (nSPS) is 21.6. The standard InChI is InChI=1S/C18H25N3O5S/c1-2-19-18(23)26-14-7-10-20(11-8-14)16-9-12-21(17(16)22)13-3-5-15(6-4-13)27(24)25/h3-6,14,16,27H,2,7-12H2,1H3,(H,19,23)/t16-/m0/s1. The summed E-state index contributed by atoms with van der Waals surface area (Å²) in [5.41, 5.74) is 0.720. The van der Waals surface area contributed by atoms with Gasteiger partial charge in [0.2, 0.25) is 5.91 Å². The number of ether oxygens (including phenoxy) is 1. The lowest BCUT2D eigenvalue weighted by atomic mass is 10.0. The second-order valence-corrected chi connectivity index (χ2v) is 7.77. The topological polar surface area (TPSA) is 96.0 Å². The SMILES string of the molecule is CCNC(=O)OC1CCN([C@H]2CCN(c3ccc([SH](=O)=O)cc3)C2=O)CC1. The largest absolute Gasteiger partial charge is 0.446 e. The first-order chi connectivity index (χ1) is 13.0. The van der Waals surface area contributed by atoms with Crippen molar-refractivity contribution in [2.24, 2.45) is 0 Å². The fourth-order valence-electron chi connectivity index (χ4n) is 3.66. The van der Waals surface area contributed by atoms with E-state index in [0.717, 1.165) is 12.1 Å². The van der Waals surface area contributed by atoms with Crippen LogP contribution in [-0.2, 0) is 20.2 Å². The molecule has 3 rings (SSSR count). The van der Waals surface area contributed by atoms with E-state index in [1.807, 2.05) is 6.92 Å². The van der Waals surface area contributed by atoms with Crippen molar-refractivity contribution in [2.45, 2.75) is 43.2 Å². The van der Waals surface area contributed by atoms with Crippen LogP contribution in [0.3, 0.4) is 0 Å². The Balaban J connectivity index is 1.55. The minimum Gasteiger partial charge on any atom is -0.446 e. The maximum absolute atomic E-state index is 12.8. The molecule has 0 radical (unpaired) electrons. The monoisotopic (exact) mass is 395 g/mol. The molecule has 2 heterocycles. The van der Waals surface area contributed by atoms with Gasteiger partial charge in [-0.05, 0) is 50.5 Å². The molecule has 2 saturated heterocycles. The van der Waals surface area contributed by atoms with Crippen LogP contribution >= 0.6 is 0 Å². The number of alkyl carbamates (subject to hydrolysis) is 1. The van der Waals surface area contributed by atoms with Crippen LogP contribution in [0.25, 0.3) is 0 Å².